The topological polar surface area (TPSA) is 44.7 Å². The second kappa shape index (κ2) is 9.08. The van der Waals surface area contributed by atoms with E-state index in [0.29, 0.717) is 0 Å². The Balaban J connectivity index is 1.53. The summed E-state index contributed by atoms with van der Waals surface area (Å²) < 4.78 is 5.95. The third-order valence-electron chi connectivity index (χ3n) is 6.28. The highest BCUT2D eigenvalue weighted by molar-refractivity contribution is 5.35. The van der Waals surface area contributed by atoms with Gasteiger partial charge in [0.25, 0.3) is 0 Å². The Bertz CT molecular complexity index is 720. The van der Waals surface area contributed by atoms with Crippen LogP contribution < -0.4 is 10.1 Å². The lowest BCUT2D eigenvalue weighted by molar-refractivity contribution is -0.0316. The number of para-hydroxylation sites is 1. The lowest BCUT2D eigenvalue weighted by Crippen LogP contribution is -2.49. The van der Waals surface area contributed by atoms with Crippen LogP contribution in [0, 0.1) is 0 Å². The van der Waals surface area contributed by atoms with Crippen molar-refractivity contribution >= 4 is 0 Å². The summed E-state index contributed by atoms with van der Waals surface area (Å²) in [6.07, 6.45) is 5.32. The van der Waals surface area contributed by atoms with E-state index in [-0.39, 0.29) is 5.92 Å². The summed E-state index contributed by atoms with van der Waals surface area (Å²) >= 11 is 0. The van der Waals surface area contributed by atoms with Crippen molar-refractivity contribution in [3.8, 4) is 11.5 Å². The number of hydrogen-bond acceptors (Lipinski definition) is 4. The van der Waals surface area contributed by atoms with Crippen LogP contribution in [0.15, 0.2) is 54.6 Å². The zero-order valence-electron chi connectivity index (χ0n) is 16.6. The van der Waals surface area contributed by atoms with Gasteiger partial charge in [0.05, 0.1) is 5.60 Å². The maximum atomic E-state index is 11.5. The van der Waals surface area contributed by atoms with Crippen LogP contribution in [0.2, 0.25) is 0 Å². The molecule has 1 aliphatic carbocycles. The second-order valence-electron chi connectivity index (χ2n) is 8.25. The molecule has 1 atom stereocenters. The molecule has 2 fully saturated rings. The van der Waals surface area contributed by atoms with Gasteiger partial charge < -0.3 is 20.1 Å². The summed E-state index contributed by atoms with van der Waals surface area (Å²) in [6.45, 7) is 5.12. The fourth-order valence-corrected chi connectivity index (χ4v) is 4.64. The number of aliphatic hydroxyl groups is 1. The molecule has 1 heterocycles. The average Bonchev–Trinajstić information content (AvgIpc) is 2.75. The van der Waals surface area contributed by atoms with Crippen molar-refractivity contribution in [2.75, 3.05) is 32.7 Å². The smallest absolute Gasteiger partial charge is 0.127 e. The van der Waals surface area contributed by atoms with Crippen LogP contribution in [0.4, 0.5) is 0 Å². The SMILES string of the molecule is OC1(C(CN2CCNCC2)c2ccc(Oc3ccccc3)cc2)CCCCC1. The Hall–Kier alpha value is -1.88. The predicted molar refractivity (Wildman–Crippen MR) is 113 cm³/mol. The molecule has 1 aliphatic heterocycles. The van der Waals surface area contributed by atoms with E-state index in [9.17, 15) is 5.11 Å². The molecule has 28 heavy (non-hydrogen) atoms. The molecule has 1 unspecified atom stereocenters. The third-order valence-corrected chi connectivity index (χ3v) is 6.28. The van der Waals surface area contributed by atoms with Crippen LogP contribution >= 0.6 is 0 Å². The van der Waals surface area contributed by atoms with Crippen molar-refractivity contribution in [2.45, 2.75) is 43.6 Å². The largest absolute Gasteiger partial charge is 0.457 e. The molecular formula is C24H32N2O2. The van der Waals surface area contributed by atoms with Gasteiger partial charge in [-0.3, -0.25) is 0 Å². The van der Waals surface area contributed by atoms with Gasteiger partial charge in [0.2, 0.25) is 0 Å². The minimum atomic E-state index is -0.592. The van der Waals surface area contributed by atoms with E-state index in [0.717, 1.165) is 69.9 Å². The quantitative estimate of drug-likeness (QED) is 0.790. The standard InChI is InChI=1S/C24H32N2O2/c27-24(13-5-2-6-14-24)23(19-26-17-15-25-16-18-26)20-9-11-22(12-10-20)28-21-7-3-1-4-8-21/h1,3-4,7-12,23,25,27H,2,5-6,13-19H2. The molecule has 2 aromatic carbocycles. The molecule has 1 saturated carbocycles. The van der Waals surface area contributed by atoms with E-state index in [2.05, 4.69) is 22.3 Å². The molecule has 1 saturated heterocycles. The monoisotopic (exact) mass is 380 g/mol. The van der Waals surface area contributed by atoms with Gasteiger partial charge in [-0.05, 0) is 42.7 Å². The highest BCUT2D eigenvalue weighted by atomic mass is 16.5. The van der Waals surface area contributed by atoms with Crippen molar-refractivity contribution in [3.05, 3.63) is 60.2 Å². The minimum absolute atomic E-state index is 0.150. The first-order valence-electron chi connectivity index (χ1n) is 10.7. The first kappa shape index (κ1) is 19.4. The molecule has 4 nitrogen and oxygen atoms in total. The molecule has 0 aromatic heterocycles. The summed E-state index contributed by atoms with van der Waals surface area (Å²) in [5.74, 6) is 1.83. The number of hydrogen-bond donors (Lipinski definition) is 2. The van der Waals surface area contributed by atoms with E-state index in [1.807, 2.05) is 42.5 Å². The Morgan fingerprint density at radius 1 is 0.893 bits per heavy atom. The normalized spacial score (nSPS) is 21.2. The first-order valence-corrected chi connectivity index (χ1v) is 10.7. The van der Waals surface area contributed by atoms with Gasteiger partial charge >= 0.3 is 0 Å². The van der Waals surface area contributed by atoms with Crippen LogP contribution in [-0.2, 0) is 0 Å². The minimum Gasteiger partial charge on any atom is -0.457 e. The maximum Gasteiger partial charge on any atom is 0.127 e. The highest BCUT2D eigenvalue weighted by Crippen LogP contribution is 2.41. The number of ether oxygens (including phenoxy) is 1. The Morgan fingerprint density at radius 2 is 1.54 bits per heavy atom. The Kier molecular flexibility index (Phi) is 6.30. The van der Waals surface area contributed by atoms with Crippen LogP contribution in [0.3, 0.4) is 0 Å². The summed E-state index contributed by atoms with van der Waals surface area (Å²) in [4.78, 5) is 2.50. The van der Waals surface area contributed by atoms with E-state index in [1.54, 1.807) is 0 Å². The van der Waals surface area contributed by atoms with Crippen LogP contribution in [0.5, 0.6) is 11.5 Å². The Labute approximate surface area is 168 Å². The second-order valence-corrected chi connectivity index (χ2v) is 8.25. The average molecular weight is 381 g/mol. The van der Waals surface area contributed by atoms with Crippen molar-refractivity contribution in [1.82, 2.24) is 10.2 Å². The summed E-state index contributed by atoms with van der Waals surface area (Å²) in [5, 5.41) is 15.0. The van der Waals surface area contributed by atoms with Gasteiger partial charge in [-0.15, -0.1) is 0 Å². The zero-order chi connectivity index (χ0) is 19.2. The van der Waals surface area contributed by atoms with Crippen molar-refractivity contribution < 1.29 is 9.84 Å². The number of nitrogens with one attached hydrogen (secondary N) is 1. The zero-order valence-corrected chi connectivity index (χ0v) is 16.6. The van der Waals surface area contributed by atoms with Crippen LogP contribution in [-0.4, -0.2) is 48.3 Å². The van der Waals surface area contributed by atoms with Gasteiger partial charge in [0, 0.05) is 38.6 Å². The van der Waals surface area contributed by atoms with E-state index < -0.39 is 5.60 Å². The fourth-order valence-electron chi connectivity index (χ4n) is 4.64. The van der Waals surface area contributed by atoms with Gasteiger partial charge in [-0.2, -0.15) is 0 Å². The Morgan fingerprint density at radius 3 is 2.21 bits per heavy atom. The van der Waals surface area contributed by atoms with Crippen molar-refractivity contribution in [3.63, 3.8) is 0 Å². The first-order chi connectivity index (χ1) is 13.7. The molecule has 150 valence electrons. The molecule has 2 aliphatic rings. The molecule has 2 aromatic rings. The third kappa shape index (κ3) is 4.75. The number of rotatable bonds is 6. The molecule has 0 amide bonds. The van der Waals surface area contributed by atoms with Gasteiger partial charge in [0.1, 0.15) is 11.5 Å². The molecule has 4 heteroatoms. The van der Waals surface area contributed by atoms with E-state index >= 15 is 0 Å². The molecule has 0 bridgehead atoms. The van der Waals surface area contributed by atoms with Crippen molar-refractivity contribution in [1.29, 1.82) is 0 Å². The molecular weight excluding hydrogens is 348 g/mol. The highest BCUT2D eigenvalue weighted by Gasteiger charge is 2.39. The van der Waals surface area contributed by atoms with Gasteiger partial charge in [-0.25, -0.2) is 0 Å². The lowest BCUT2D eigenvalue weighted by Gasteiger charge is -2.42. The molecule has 0 radical (unpaired) electrons. The van der Waals surface area contributed by atoms with Crippen LogP contribution in [0.1, 0.15) is 43.6 Å². The maximum absolute atomic E-state index is 11.5. The lowest BCUT2D eigenvalue weighted by atomic mass is 9.72. The number of piperazine rings is 1. The fraction of sp³-hybridized carbons (Fsp3) is 0.500. The van der Waals surface area contributed by atoms with Gasteiger partial charge in [-0.1, -0.05) is 49.6 Å². The van der Waals surface area contributed by atoms with Crippen molar-refractivity contribution in [2.24, 2.45) is 0 Å². The van der Waals surface area contributed by atoms with E-state index in [4.69, 9.17) is 4.74 Å². The summed E-state index contributed by atoms with van der Waals surface area (Å²) in [6, 6.07) is 18.3. The summed E-state index contributed by atoms with van der Waals surface area (Å²) in [7, 11) is 0. The molecule has 4 rings (SSSR count). The summed E-state index contributed by atoms with van der Waals surface area (Å²) in [5.41, 5.74) is 0.633. The predicted octanol–water partition coefficient (Wildman–Crippen LogP) is 4.16. The van der Waals surface area contributed by atoms with Gasteiger partial charge in [0.15, 0.2) is 0 Å². The van der Waals surface area contributed by atoms with E-state index in [1.165, 1.54) is 12.0 Å². The number of nitrogens with zero attached hydrogens (tertiary/aromatic N) is 1. The number of benzene rings is 2. The van der Waals surface area contributed by atoms with Crippen LogP contribution in [0.25, 0.3) is 0 Å². The molecule has 2 N–H and O–H groups in total. The molecule has 0 spiro atoms.